The van der Waals surface area contributed by atoms with Gasteiger partial charge in [0, 0.05) is 34.1 Å². The molecule has 1 atom stereocenters. The van der Waals surface area contributed by atoms with Gasteiger partial charge in [-0.05, 0) is 31.5 Å². The molecule has 0 aliphatic heterocycles. The van der Waals surface area contributed by atoms with Crippen LogP contribution in [-0.2, 0) is 14.3 Å². The molecule has 0 fully saturated rings. The minimum atomic E-state index is -0.339. The van der Waals surface area contributed by atoms with E-state index in [0.717, 1.165) is 5.56 Å². The highest BCUT2D eigenvalue weighted by Crippen LogP contribution is 2.24. The zero-order chi connectivity index (χ0) is 21.4. The minimum Gasteiger partial charge on any atom is -0.466 e. The molecule has 2 aromatic rings. The average molecular weight is 400 g/mol. The van der Waals surface area contributed by atoms with Crippen LogP contribution in [-0.4, -0.2) is 60.5 Å². The maximum atomic E-state index is 11.9. The fraction of sp³-hybridized carbons (Fsp3) is 0.429. The molecule has 8 nitrogen and oxygen atoms in total. The van der Waals surface area contributed by atoms with Crippen molar-refractivity contribution in [2.24, 2.45) is 0 Å². The second-order valence-corrected chi connectivity index (χ2v) is 6.72. The predicted octanol–water partition coefficient (Wildman–Crippen LogP) is 2.85. The van der Waals surface area contributed by atoms with Crippen LogP contribution in [0.15, 0.2) is 36.7 Å². The highest BCUT2D eigenvalue weighted by molar-refractivity contribution is 5.77. The third-order valence-electron chi connectivity index (χ3n) is 4.54. The standard InChI is InChI=1S/C21H28N4O4/c1-6-28-21(27)15(2)17-7-9-18(10-8-17)29-20-14-22-13-19(23-20)25(5)12-11-24(4)16(3)26/h7-10,13-15H,6,11-12H2,1-5H3. The lowest BCUT2D eigenvalue weighted by Crippen LogP contribution is -2.33. The lowest BCUT2D eigenvalue weighted by atomic mass is 10.0. The van der Waals surface area contributed by atoms with Crippen LogP contribution < -0.4 is 9.64 Å². The molecule has 0 saturated carbocycles. The molecule has 0 radical (unpaired) electrons. The van der Waals surface area contributed by atoms with Crippen LogP contribution in [0.25, 0.3) is 0 Å². The summed E-state index contributed by atoms with van der Waals surface area (Å²) in [6.45, 7) is 6.69. The quantitative estimate of drug-likeness (QED) is 0.598. The number of amides is 1. The topological polar surface area (TPSA) is 84.9 Å². The van der Waals surface area contributed by atoms with E-state index in [1.807, 2.05) is 31.0 Å². The van der Waals surface area contributed by atoms with Gasteiger partial charge >= 0.3 is 5.97 Å². The van der Waals surface area contributed by atoms with Crippen LogP contribution in [0.5, 0.6) is 11.6 Å². The Hall–Kier alpha value is -3.16. The number of esters is 1. The van der Waals surface area contributed by atoms with Crippen molar-refractivity contribution in [3.63, 3.8) is 0 Å². The van der Waals surface area contributed by atoms with Crippen LogP contribution >= 0.6 is 0 Å². The smallest absolute Gasteiger partial charge is 0.313 e. The molecular formula is C21H28N4O4. The summed E-state index contributed by atoms with van der Waals surface area (Å²) < 4.78 is 10.8. The number of ether oxygens (including phenoxy) is 2. The molecule has 2 rings (SSSR count). The van der Waals surface area contributed by atoms with E-state index in [4.69, 9.17) is 9.47 Å². The van der Waals surface area contributed by atoms with Crippen LogP contribution in [0.4, 0.5) is 5.82 Å². The summed E-state index contributed by atoms with van der Waals surface area (Å²) in [5.74, 6) is 1.03. The molecule has 0 bridgehead atoms. The van der Waals surface area contributed by atoms with Gasteiger partial charge in [0.05, 0.1) is 24.9 Å². The van der Waals surface area contributed by atoms with Crippen LogP contribution in [0.3, 0.4) is 0 Å². The van der Waals surface area contributed by atoms with E-state index in [9.17, 15) is 9.59 Å². The fourth-order valence-corrected chi connectivity index (χ4v) is 2.49. The zero-order valence-corrected chi connectivity index (χ0v) is 17.6. The van der Waals surface area contributed by atoms with Crippen molar-refractivity contribution in [1.29, 1.82) is 0 Å². The highest BCUT2D eigenvalue weighted by atomic mass is 16.5. The largest absolute Gasteiger partial charge is 0.466 e. The molecule has 1 aromatic heterocycles. The molecular weight excluding hydrogens is 372 g/mol. The van der Waals surface area contributed by atoms with Crippen molar-refractivity contribution in [3.05, 3.63) is 42.2 Å². The number of hydrogen-bond donors (Lipinski definition) is 0. The fourth-order valence-electron chi connectivity index (χ4n) is 2.49. The minimum absolute atomic E-state index is 0.0160. The molecule has 0 aliphatic rings. The van der Waals surface area contributed by atoms with E-state index in [-0.39, 0.29) is 17.8 Å². The van der Waals surface area contributed by atoms with Crippen molar-refractivity contribution in [1.82, 2.24) is 14.9 Å². The van der Waals surface area contributed by atoms with E-state index in [2.05, 4.69) is 9.97 Å². The van der Waals surface area contributed by atoms with Crippen molar-refractivity contribution in [3.8, 4) is 11.6 Å². The van der Waals surface area contributed by atoms with E-state index in [1.165, 1.54) is 13.1 Å². The summed E-state index contributed by atoms with van der Waals surface area (Å²) in [4.78, 5) is 35.4. The maximum absolute atomic E-state index is 11.9. The summed E-state index contributed by atoms with van der Waals surface area (Å²) in [7, 11) is 3.64. The van der Waals surface area contributed by atoms with E-state index < -0.39 is 0 Å². The van der Waals surface area contributed by atoms with Gasteiger partial charge in [-0.3, -0.25) is 14.6 Å². The average Bonchev–Trinajstić information content (AvgIpc) is 2.72. The second-order valence-electron chi connectivity index (χ2n) is 6.72. The SMILES string of the molecule is CCOC(=O)C(C)c1ccc(Oc2cncc(N(C)CCN(C)C(C)=O)n2)cc1. The summed E-state index contributed by atoms with van der Waals surface area (Å²) in [6, 6.07) is 7.23. The maximum Gasteiger partial charge on any atom is 0.313 e. The molecule has 1 heterocycles. The Balaban J connectivity index is 2.01. The van der Waals surface area contributed by atoms with Crippen molar-refractivity contribution in [2.75, 3.05) is 38.7 Å². The number of likely N-dealkylation sites (N-methyl/N-ethyl adjacent to an activating group) is 2. The molecule has 0 N–H and O–H groups in total. The van der Waals surface area contributed by atoms with Gasteiger partial charge in [-0.1, -0.05) is 12.1 Å². The first-order valence-corrected chi connectivity index (χ1v) is 9.51. The number of carbonyl (C=O) groups is 2. The normalized spacial score (nSPS) is 11.5. The molecule has 1 unspecified atom stereocenters. The monoisotopic (exact) mass is 400 g/mol. The number of rotatable bonds is 9. The summed E-state index contributed by atoms with van der Waals surface area (Å²) in [5.41, 5.74) is 0.852. The van der Waals surface area contributed by atoms with Gasteiger partial charge in [-0.25, -0.2) is 0 Å². The Morgan fingerprint density at radius 2 is 1.79 bits per heavy atom. The van der Waals surface area contributed by atoms with Gasteiger partial charge in [-0.15, -0.1) is 0 Å². The van der Waals surface area contributed by atoms with Crippen LogP contribution in [0.2, 0.25) is 0 Å². The van der Waals surface area contributed by atoms with Gasteiger partial charge < -0.3 is 19.3 Å². The number of benzene rings is 1. The summed E-state index contributed by atoms with van der Waals surface area (Å²) >= 11 is 0. The molecule has 0 spiro atoms. The summed E-state index contributed by atoms with van der Waals surface area (Å²) in [6.07, 6.45) is 3.18. The molecule has 156 valence electrons. The van der Waals surface area contributed by atoms with Crippen molar-refractivity contribution < 1.29 is 19.1 Å². The van der Waals surface area contributed by atoms with Crippen LogP contribution in [0.1, 0.15) is 32.3 Å². The molecule has 0 saturated heterocycles. The first kappa shape index (κ1) is 22.1. The molecule has 8 heteroatoms. The lowest BCUT2D eigenvalue weighted by Gasteiger charge is -2.22. The Morgan fingerprint density at radius 1 is 1.10 bits per heavy atom. The third-order valence-corrected chi connectivity index (χ3v) is 4.54. The molecule has 29 heavy (non-hydrogen) atoms. The number of nitrogens with zero attached hydrogens (tertiary/aromatic N) is 4. The van der Waals surface area contributed by atoms with Crippen molar-refractivity contribution >= 4 is 17.7 Å². The second kappa shape index (κ2) is 10.4. The van der Waals surface area contributed by atoms with Gasteiger partial charge in [0.2, 0.25) is 11.8 Å². The van der Waals surface area contributed by atoms with Gasteiger partial charge in [-0.2, -0.15) is 4.98 Å². The lowest BCUT2D eigenvalue weighted by molar-refractivity contribution is -0.144. The van der Waals surface area contributed by atoms with E-state index >= 15 is 0 Å². The van der Waals surface area contributed by atoms with Crippen molar-refractivity contribution in [2.45, 2.75) is 26.7 Å². The predicted molar refractivity (Wildman–Crippen MR) is 110 cm³/mol. The number of carbonyl (C=O) groups excluding carboxylic acids is 2. The molecule has 1 aromatic carbocycles. The Kier molecular flexibility index (Phi) is 7.94. The van der Waals surface area contributed by atoms with Gasteiger partial charge in [0.15, 0.2) is 5.82 Å². The third kappa shape index (κ3) is 6.44. The first-order valence-electron chi connectivity index (χ1n) is 9.51. The van der Waals surface area contributed by atoms with E-state index in [0.29, 0.717) is 37.1 Å². The van der Waals surface area contributed by atoms with Gasteiger partial charge in [0.25, 0.3) is 0 Å². The number of aromatic nitrogens is 2. The molecule has 1 amide bonds. The highest BCUT2D eigenvalue weighted by Gasteiger charge is 2.16. The Bertz CT molecular complexity index is 826. The van der Waals surface area contributed by atoms with E-state index in [1.54, 1.807) is 37.2 Å². The Labute approximate surface area is 171 Å². The number of hydrogen-bond acceptors (Lipinski definition) is 7. The molecule has 0 aliphatic carbocycles. The van der Waals surface area contributed by atoms with Crippen LogP contribution in [0, 0.1) is 0 Å². The zero-order valence-electron chi connectivity index (χ0n) is 17.6. The van der Waals surface area contributed by atoms with Gasteiger partial charge in [0.1, 0.15) is 5.75 Å². The first-order chi connectivity index (χ1) is 13.8. The number of anilines is 1. The summed E-state index contributed by atoms with van der Waals surface area (Å²) in [5, 5.41) is 0. The Morgan fingerprint density at radius 3 is 2.41 bits per heavy atom.